The molecule has 3 nitrogen and oxygen atoms in total. The van der Waals surface area contributed by atoms with Gasteiger partial charge in [0.25, 0.3) is 0 Å². The number of nitrogens with zero attached hydrogens (tertiary/aromatic N) is 1. The normalized spacial score (nSPS) is 34.9. The summed E-state index contributed by atoms with van der Waals surface area (Å²) in [5, 5.41) is 0. The molecule has 1 aliphatic heterocycles. The van der Waals surface area contributed by atoms with Crippen molar-refractivity contribution in [2.24, 2.45) is 23.7 Å². The zero-order chi connectivity index (χ0) is 15.6. The van der Waals surface area contributed by atoms with E-state index in [2.05, 4.69) is 12.2 Å². The van der Waals surface area contributed by atoms with Gasteiger partial charge >= 0.3 is 0 Å². The quantitative estimate of drug-likeness (QED) is 0.588. The fourth-order valence-electron chi connectivity index (χ4n) is 5.16. The van der Waals surface area contributed by atoms with Crippen LogP contribution in [0.1, 0.15) is 25.7 Å². The van der Waals surface area contributed by atoms with Crippen molar-refractivity contribution in [3.63, 3.8) is 0 Å². The lowest BCUT2D eigenvalue weighted by Crippen LogP contribution is -2.33. The summed E-state index contributed by atoms with van der Waals surface area (Å²) in [6.07, 6.45) is 9.21. The molecule has 3 heteroatoms. The Morgan fingerprint density at radius 3 is 1.96 bits per heavy atom. The second-order valence-electron chi connectivity index (χ2n) is 7.10. The molecular weight excluding hydrogens is 286 g/mol. The maximum Gasteiger partial charge on any atom is 0.238 e. The second-order valence-corrected chi connectivity index (χ2v) is 7.10. The lowest BCUT2D eigenvalue weighted by molar-refractivity contribution is -0.122. The summed E-state index contributed by atoms with van der Waals surface area (Å²) in [5.74, 6) is 0.00595. The molecule has 116 valence electrons. The SMILES string of the molecule is O=C1C2C3C=CC(C3=C3CCCC3)C2C(=O)N1c1ccccc1. The summed E-state index contributed by atoms with van der Waals surface area (Å²) < 4.78 is 0. The van der Waals surface area contributed by atoms with Gasteiger partial charge in [-0.15, -0.1) is 0 Å². The Kier molecular flexibility index (Phi) is 2.70. The minimum Gasteiger partial charge on any atom is -0.274 e. The highest BCUT2D eigenvalue weighted by molar-refractivity contribution is 6.23. The highest BCUT2D eigenvalue weighted by Gasteiger charge is 2.62. The van der Waals surface area contributed by atoms with Crippen LogP contribution in [-0.4, -0.2) is 11.8 Å². The number of amides is 2. The van der Waals surface area contributed by atoms with E-state index in [0.29, 0.717) is 5.69 Å². The number of fused-ring (bicyclic) bond motifs is 5. The lowest BCUT2D eigenvalue weighted by Gasteiger charge is -2.19. The van der Waals surface area contributed by atoms with Crippen molar-refractivity contribution in [3.05, 3.63) is 53.6 Å². The maximum atomic E-state index is 13.0. The van der Waals surface area contributed by atoms with Crippen LogP contribution in [0.5, 0.6) is 0 Å². The van der Waals surface area contributed by atoms with E-state index < -0.39 is 0 Å². The van der Waals surface area contributed by atoms with Gasteiger partial charge in [0.1, 0.15) is 0 Å². The van der Waals surface area contributed by atoms with Gasteiger partial charge in [0.2, 0.25) is 11.8 Å². The fourth-order valence-corrected chi connectivity index (χ4v) is 5.16. The molecule has 5 rings (SSSR count). The molecule has 2 amide bonds. The standard InChI is InChI=1S/C20H19NO2/c22-19-17-14-10-11-15(16(14)12-6-4-5-7-12)18(17)20(23)21(19)13-8-2-1-3-9-13/h1-3,8-11,14-15,17-18H,4-7H2. The smallest absolute Gasteiger partial charge is 0.238 e. The van der Waals surface area contributed by atoms with Crippen LogP contribution in [0.25, 0.3) is 0 Å². The van der Waals surface area contributed by atoms with E-state index in [1.807, 2.05) is 30.3 Å². The summed E-state index contributed by atoms with van der Waals surface area (Å²) in [6, 6.07) is 9.36. The summed E-state index contributed by atoms with van der Waals surface area (Å²) in [4.78, 5) is 27.4. The van der Waals surface area contributed by atoms with Crippen LogP contribution in [0.3, 0.4) is 0 Å². The van der Waals surface area contributed by atoms with Gasteiger partial charge in [-0.2, -0.15) is 0 Å². The Balaban J connectivity index is 1.57. The first-order valence-corrected chi connectivity index (χ1v) is 8.60. The molecule has 3 fully saturated rings. The third-order valence-corrected chi connectivity index (χ3v) is 6.05. The number of hydrogen-bond acceptors (Lipinski definition) is 2. The third-order valence-electron chi connectivity index (χ3n) is 6.05. The first kappa shape index (κ1) is 13.3. The first-order valence-electron chi connectivity index (χ1n) is 8.60. The van der Waals surface area contributed by atoms with Crippen molar-refractivity contribution >= 4 is 17.5 Å². The Labute approximate surface area is 135 Å². The molecule has 1 saturated heterocycles. The van der Waals surface area contributed by atoms with E-state index in [1.54, 1.807) is 0 Å². The van der Waals surface area contributed by atoms with Crippen LogP contribution in [0.2, 0.25) is 0 Å². The summed E-state index contributed by atoms with van der Waals surface area (Å²) in [6.45, 7) is 0. The molecule has 4 unspecified atom stereocenters. The molecule has 23 heavy (non-hydrogen) atoms. The zero-order valence-corrected chi connectivity index (χ0v) is 12.9. The minimum atomic E-state index is -0.166. The lowest BCUT2D eigenvalue weighted by atomic mass is 9.85. The van der Waals surface area contributed by atoms with Gasteiger partial charge in [0.15, 0.2) is 0 Å². The first-order chi connectivity index (χ1) is 11.3. The summed E-state index contributed by atoms with van der Waals surface area (Å²) >= 11 is 0. The van der Waals surface area contributed by atoms with E-state index >= 15 is 0 Å². The monoisotopic (exact) mass is 305 g/mol. The second kappa shape index (κ2) is 4.67. The van der Waals surface area contributed by atoms with Crippen molar-refractivity contribution in [2.75, 3.05) is 4.90 Å². The maximum absolute atomic E-state index is 13.0. The Morgan fingerprint density at radius 1 is 0.826 bits per heavy atom. The Morgan fingerprint density at radius 2 is 1.39 bits per heavy atom. The van der Waals surface area contributed by atoms with E-state index in [0.717, 1.165) is 12.8 Å². The summed E-state index contributed by atoms with van der Waals surface area (Å²) in [7, 11) is 0. The van der Waals surface area contributed by atoms with Crippen LogP contribution >= 0.6 is 0 Å². The van der Waals surface area contributed by atoms with Crippen molar-refractivity contribution < 1.29 is 9.59 Å². The number of para-hydroxylation sites is 1. The van der Waals surface area contributed by atoms with Gasteiger partial charge < -0.3 is 0 Å². The third kappa shape index (κ3) is 1.65. The number of imide groups is 1. The largest absolute Gasteiger partial charge is 0.274 e. The fraction of sp³-hybridized carbons (Fsp3) is 0.400. The van der Waals surface area contributed by atoms with Crippen LogP contribution in [-0.2, 0) is 9.59 Å². The number of anilines is 1. The average Bonchev–Trinajstić information content (AvgIpc) is 3.31. The molecule has 1 heterocycles. The van der Waals surface area contributed by atoms with Crippen LogP contribution in [0.4, 0.5) is 5.69 Å². The topological polar surface area (TPSA) is 37.4 Å². The Bertz CT molecular complexity index is 719. The van der Waals surface area contributed by atoms with Crippen LogP contribution in [0, 0.1) is 23.7 Å². The molecular formula is C20H19NO2. The number of carbonyl (C=O) groups is 2. The van der Waals surface area contributed by atoms with Gasteiger partial charge in [0.05, 0.1) is 17.5 Å². The van der Waals surface area contributed by atoms with E-state index in [4.69, 9.17) is 0 Å². The van der Waals surface area contributed by atoms with E-state index in [1.165, 1.54) is 28.9 Å². The Hall–Kier alpha value is -2.16. The van der Waals surface area contributed by atoms with Gasteiger partial charge in [-0.05, 0) is 37.8 Å². The number of allylic oxidation sites excluding steroid dienone is 4. The van der Waals surface area contributed by atoms with Gasteiger partial charge in [0, 0.05) is 11.8 Å². The number of hydrogen-bond donors (Lipinski definition) is 0. The number of carbonyl (C=O) groups excluding carboxylic acids is 2. The predicted octanol–water partition coefficient (Wildman–Crippen LogP) is 3.48. The molecule has 1 aromatic rings. The van der Waals surface area contributed by atoms with Gasteiger partial charge in [-0.1, -0.05) is 41.5 Å². The van der Waals surface area contributed by atoms with E-state index in [9.17, 15) is 9.59 Å². The molecule has 4 atom stereocenters. The molecule has 2 bridgehead atoms. The zero-order valence-electron chi connectivity index (χ0n) is 12.9. The molecule has 3 aliphatic carbocycles. The van der Waals surface area contributed by atoms with Crippen molar-refractivity contribution in [2.45, 2.75) is 25.7 Å². The summed E-state index contributed by atoms with van der Waals surface area (Å²) in [5.41, 5.74) is 3.67. The molecule has 0 radical (unpaired) electrons. The minimum absolute atomic E-state index is 0.000790. The highest BCUT2D eigenvalue weighted by atomic mass is 16.2. The van der Waals surface area contributed by atoms with Crippen molar-refractivity contribution in [1.29, 1.82) is 0 Å². The number of benzene rings is 1. The average molecular weight is 305 g/mol. The van der Waals surface area contributed by atoms with Crippen LogP contribution in [0.15, 0.2) is 53.6 Å². The predicted molar refractivity (Wildman–Crippen MR) is 87.5 cm³/mol. The highest BCUT2D eigenvalue weighted by Crippen LogP contribution is 2.58. The molecule has 2 saturated carbocycles. The number of rotatable bonds is 1. The molecule has 0 spiro atoms. The molecule has 1 aromatic carbocycles. The molecule has 0 aromatic heterocycles. The van der Waals surface area contributed by atoms with Crippen molar-refractivity contribution in [1.82, 2.24) is 0 Å². The van der Waals surface area contributed by atoms with Crippen LogP contribution < -0.4 is 4.90 Å². The van der Waals surface area contributed by atoms with Gasteiger partial charge in [-0.3, -0.25) is 9.59 Å². The molecule has 0 N–H and O–H groups in total. The van der Waals surface area contributed by atoms with Gasteiger partial charge in [-0.25, -0.2) is 4.90 Å². The van der Waals surface area contributed by atoms with E-state index in [-0.39, 0.29) is 35.5 Å². The molecule has 4 aliphatic rings. The van der Waals surface area contributed by atoms with Crippen molar-refractivity contribution in [3.8, 4) is 0 Å².